The molecule has 0 amide bonds. The number of nitro benzene ring substituents is 1. The number of nitro groups is 1. The van der Waals surface area contributed by atoms with Crippen LogP contribution in [0.5, 0.6) is 0 Å². The quantitative estimate of drug-likeness (QED) is 0.656. The first kappa shape index (κ1) is 13.7. The summed E-state index contributed by atoms with van der Waals surface area (Å²) < 4.78 is 19.0. The molecular weight excluding hydrogens is 253 g/mol. The zero-order chi connectivity index (χ0) is 13.8. The van der Waals surface area contributed by atoms with Crippen LogP contribution in [0.1, 0.15) is 0 Å². The highest BCUT2D eigenvalue weighted by atomic mass is 19.1. The van der Waals surface area contributed by atoms with Crippen LogP contribution in [0.25, 0.3) is 0 Å². The highest BCUT2D eigenvalue weighted by Gasteiger charge is 2.22. The van der Waals surface area contributed by atoms with Crippen LogP contribution in [-0.4, -0.2) is 44.3 Å². The molecule has 1 aliphatic rings. The first-order chi connectivity index (χ1) is 9.10. The van der Waals surface area contributed by atoms with Crippen LogP contribution in [0.2, 0.25) is 0 Å². The normalized spacial score (nSPS) is 19.5. The predicted molar refractivity (Wildman–Crippen MR) is 68.9 cm³/mol. The topological polar surface area (TPSA) is 67.6 Å². The van der Waals surface area contributed by atoms with Gasteiger partial charge in [-0.3, -0.25) is 10.1 Å². The second-order valence-corrected chi connectivity index (χ2v) is 4.42. The number of hydrogen-bond acceptors (Lipinski definition) is 5. The molecule has 0 saturated carbocycles. The van der Waals surface area contributed by atoms with Crippen LogP contribution in [-0.2, 0) is 4.74 Å². The molecule has 1 aliphatic heterocycles. The fraction of sp³-hybridized carbons (Fsp3) is 0.500. The second kappa shape index (κ2) is 5.94. The fourth-order valence-electron chi connectivity index (χ4n) is 2.15. The maximum atomic E-state index is 13.4. The molecule has 7 heteroatoms. The van der Waals surface area contributed by atoms with Gasteiger partial charge in [0, 0.05) is 31.4 Å². The summed E-state index contributed by atoms with van der Waals surface area (Å²) in [4.78, 5) is 12.1. The number of anilines is 1. The lowest BCUT2D eigenvalue weighted by molar-refractivity contribution is -0.385. The van der Waals surface area contributed by atoms with E-state index >= 15 is 0 Å². The van der Waals surface area contributed by atoms with Crippen LogP contribution >= 0.6 is 0 Å². The van der Waals surface area contributed by atoms with E-state index in [0.29, 0.717) is 31.9 Å². The summed E-state index contributed by atoms with van der Waals surface area (Å²) in [5.74, 6) is -0.596. The van der Waals surface area contributed by atoms with Crippen molar-refractivity contribution < 1.29 is 14.1 Å². The lowest BCUT2D eigenvalue weighted by Gasteiger charge is -2.34. The van der Waals surface area contributed by atoms with Crippen LogP contribution in [0.3, 0.4) is 0 Å². The van der Waals surface area contributed by atoms with Crippen molar-refractivity contribution in [3.63, 3.8) is 0 Å². The van der Waals surface area contributed by atoms with Gasteiger partial charge in [-0.1, -0.05) is 0 Å². The van der Waals surface area contributed by atoms with Crippen molar-refractivity contribution in [2.75, 3.05) is 38.2 Å². The van der Waals surface area contributed by atoms with Crippen molar-refractivity contribution in [1.82, 2.24) is 5.32 Å². The van der Waals surface area contributed by atoms with E-state index in [2.05, 4.69) is 5.32 Å². The van der Waals surface area contributed by atoms with Gasteiger partial charge in [-0.25, -0.2) is 4.39 Å². The van der Waals surface area contributed by atoms with E-state index in [1.165, 1.54) is 12.1 Å². The Morgan fingerprint density at radius 2 is 2.37 bits per heavy atom. The molecular formula is C12H16FN3O3. The molecule has 0 aliphatic carbocycles. The molecule has 2 rings (SSSR count). The van der Waals surface area contributed by atoms with E-state index in [9.17, 15) is 14.5 Å². The lowest BCUT2D eigenvalue weighted by atomic mass is 10.2. The van der Waals surface area contributed by atoms with Gasteiger partial charge in [0.15, 0.2) is 0 Å². The minimum atomic E-state index is -0.596. The van der Waals surface area contributed by atoms with Crippen molar-refractivity contribution in [3.8, 4) is 0 Å². The monoisotopic (exact) mass is 269 g/mol. The van der Waals surface area contributed by atoms with Crippen molar-refractivity contribution in [1.29, 1.82) is 0 Å². The molecule has 0 spiro atoms. The summed E-state index contributed by atoms with van der Waals surface area (Å²) in [6.07, 6.45) is 0.000994. The maximum Gasteiger partial charge on any atom is 0.274 e. The van der Waals surface area contributed by atoms with Gasteiger partial charge < -0.3 is 15.0 Å². The molecule has 1 aromatic carbocycles. The van der Waals surface area contributed by atoms with Gasteiger partial charge in [-0.05, 0) is 13.1 Å². The minimum Gasteiger partial charge on any atom is -0.373 e. The molecule has 6 nitrogen and oxygen atoms in total. The smallest absolute Gasteiger partial charge is 0.274 e. The molecule has 0 aromatic heterocycles. The third kappa shape index (κ3) is 3.39. The Kier molecular flexibility index (Phi) is 4.28. The van der Waals surface area contributed by atoms with Gasteiger partial charge in [-0.2, -0.15) is 0 Å². The van der Waals surface area contributed by atoms with Crippen molar-refractivity contribution in [2.24, 2.45) is 0 Å². The second-order valence-electron chi connectivity index (χ2n) is 4.42. The number of nitrogens with zero attached hydrogens (tertiary/aromatic N) is 2. The van der Waals surface area contributed by atoms with E-state index in [-0.39, 0.29) is 11.8 Å². The Labute approximate surface area is 110 Å². The van der Waals surface area contributed by atoms with Gasteiger partial charge >= 0.3 is 0 Å². The van der Waals surface area contributed by atoms with E-state index in [0.717, 1.165) is 6.07 Å². The van der Waals surface area contributed by atoms with Crippen LogP contribution < -0.4 is 10.2 Å². The zero-order valence-corrected chi connectivity index (χ0v) is 10.6. The average molecular weight is 269 g/mol. The van der Waals surface area contributed by atoms with E-state index in [4.69, 9.17) is 4.74 Å². The number of ether oxygens (including phenoxy) is 1. The molecule has 1 atom stereocenters. The molecule has 19 heavy (non-hydrogen) atoms. The number of benzene rings is 1. The fourth-order valence-corrected chi connectivity index (χ4v) is 2.15. The Bertz CT molecular complexity index is 468. The number of likely N-dealkylation sites (N-methyl/N-ethyl adjacent to an activating group) is 1. The highest BCUT2D eigenvalue weighted by Crippen LogP contribution is 2.24. The molecule has 0 radical (unpaired) electrons. The third-order valence-electron chi connectivity index (χ3n) is 3.01. The Morgan fingerprint density at radius 3 is 3.05 bits per heavy atom. The zero-order valence-electron chi connectivity index (χ0n) is 10.6. The molecule has 1 heterocycles. The Morgan fingerprint density at radius 1 is 1.58 bits per heavy atom. The molecule has 0 bridgehead atoms. The van der Waals surface area contributed by atoms with Crippen molar-refractivity contribution >= 4 is 11.4 Å². The first-order valence-electron chi connectivity index (χ1n) is 6.06. The average Bonchev–Trinajstić information content (AvgIpc) is 2.38. The van der Waals surface area contributed by atoms with Gasteiger partial charge in [-0.15, -0.1) is 0 Å². The Balaban J connectivity index is 2.18. The van der Waals surface area contributed by atoms with Gasteiger partial charge in [0.05, 0.1) is 23.7 Å². The highest BCUT2D eigenvalue weighted by molar-refractivity contribution is 5.54. The summed E-state index contributed by atoms with van der Waals surface area (Å²) in [5.41, 5.74) is 0.294. The van der Waals surface area contributed by atoms with E-state index in [1.807, 2.05) is 11.9 Å². The van der Waals surface area contributed by atoms with Crippen LogP contribution in [0.4, 0.5) is 15.8 Å². The third-order valence-corrected chi connectivity index (χ3v) is 3.01. The van der Waals surface area contributed by atoms with E-state index < -0.39 is 10.7 Å². The number of morpholine rings is 1. The molecule has 1 fully saturated rings. The number of rotatable bonds is 4. The van der Waals surface area contributed by atoms with Gasteiger partial charge in [0.2, 0.25) is 0 Å². The molecule has 1 saturated heterocycles. The summed E-state index contributed by atoms with van der Waals surface area (Å²) >= 11 is 0. The number of halogens is 1. The summed E-state index contributed by atoms with van der Waals surface area (Å²) in [7, 11) is 1.83. The number of hydrogen-bond donors (Lipinski definition) is 1. The van der Waals surface area contributed by atoms with Gasteiger partial charge in [0.25, 0.3) is 5.69 Å². The largest absolute Gasteiger partial charge is 0.373 e. The number of nitrogens with one attached hydrogen (secondary N) is 1. The minimum absolute atomic E-state index is 0.000994. The number of non-ortho nitro benzene ring substituents is 1. The summed E-state index contributed by atoms with van der Waals surface area (Å²) in [6, 6.07) is 3.63. The molecule has 104 valence electrons. The molecule has 1 N–H and O–H groups in total. The first-order valence-corrected chi connectivity index (χ1v) is 6.06. The van der Waals surface area contributed by atoms with Crippen molar-refractivity contribution in [2.45, 2.75) is 6.10 Å². The van der Waals surface area contributed by atoms with Crippen LogP contribution in [0, 0.1) is 15.9 Å². The maximum absolute atomic E-state index is 13.4. The van der Waals surface area contributed by atoms with Crippen LogP contribution in [0.15, 0.2) is 18.2 Å². The SMILES string of the molecule is CNCC1CN(c2cc(F)cc([N+](=O)[O-])c2)CCO1. The standard InChI is InChI=1S/C12H16FN3O3/c1-14-7-12-8-15(2-3-19-12)10-4-9(13)5-11(6-10)16(17)18/h4-6,12,14H,2-3,7-8H2,1H3. The molecule has 1 unspecified atom stereocenters. The predicted octanol–water partition coefficient (Wildman–Crippen LogP) is 1.16. The summed E-state index contributed by atoms with van der Waals surface area (Å²) in [5, 5.41) is 13.8. The van der Waals surface area contributed by atoms with Crippen molar-refractivity contribution in [3.05, 3.63) is 34.1 Å². The van der Waals surface area contributed by atoms with E-state index in [1.54, 1.807) is 0 Å². The lowest BCUT2D eigenvalue weighted by Crippen LogP contribution is -2.46. The molecule has 1 aromatic rings. The summed E-state index contributed by atoms with van der Waals surface area (Å²) in [6.45, 7) is 2.40. The Hall–Kier alpha value is -1.73. The van der Waals surface area contributed by atoms with Gasteiger partial charge in [0.1, 0.15) is 5.82 Å².